The van der Waals surface area contributed by atoms with Crippen molar-refractivity contribution in [2.75, 3.05) is 13.7 Å². The molecule has 96 valence electrons. The first-order valence-corrected chi connectivity index (χ1v) is 6.72. The highest BCUT2D eigenvalue weighted by atomic mass is 32.2. The summed E-state index contributed by atoms with van der Waals surface area (Å²) in [7, 11) is 1.68. The average Bonchev–Trinajstić information content (AvgIpc) is 2.66. The van der Waals surface area contributed by atoms with Crippen molar-refractivity contribution < 1.29 is 9.53 Å². The smallest absolute Gasteiger partial charge is 0.265 e. The van der Waals surface area contributed by atoms with Crippen LogP contribution in [0.15, 0.2) is 29.2 Å². The Morgan fingerprint density at radius 3 is 2.68 bits per heavy atom. The molecule has 0 spiro atoms. The molecule has 1 amide bonds. The molecule has 1 aliphatic heterocycles. The minimum absolute atomic E-state index is 0.0670. The van der Waals surface area contributed by atoms with Crippen LogP contribution in [0.5, 0.6) is 5.75 Å². The zero-order chi connectivity index (χ0) is 13.8. The van der Waals surface area contributed by atoms with Crippen LogP contribution in [-0.2, 0) is 4.79 Å². The van der Waals surface area contributed by atoms with Gasteiger partial charge in [-0.05, 0) is 23.8 Å². The first kappa shape index (κ1) is 13.7. The van der Waals surface area contributed by atoms with Gasteiger partial charge in [-0.15, -0.1) is 6.42 Å². The maximum Gasteiger partial charge on any atom is 0.265 e. The Balaban J connectivity index is 2.14. The van der Waals surface area contributed by atoms with Crippen LogP contribution < -0.4 is 4.74 Å². The van der Waals surface area contributed by atoms with Gasteiger partial charge in [0.15, 0.2) is 0 Å². The number of hydrogen-bond acceptors (Lipinski definition) is 4. The maximum absolute atomic E-state index is 11.8. The third-order valence-electron chi connectivity index (χ3n) is 2.49. The predicted molar refractivity (Wildman–Crippen MR) is 81.7 cm³/mol. The number of rotatable bonds is 3. The molecule has 1 aliphatic rings. The van der Waals surface area contributed by atoms with Gasteiger partial charge in [-0.25, -0.2) is 0 Å². The fourth-order valence-corrected chi connectivity index (χ4v) is 2.66. The van der Waals surface area contributed by atoms with E-state index < -0.39 is 0 Å². The normalized spacial score (nSPS) is 16.8. The van der Waals surface area contributed by atoms with E-state index in [1.807, 2.05) is 30.3 Å². The highest BCUT2D eigenvalue weighted by molar-refractivity contribution is 8.26. The summed E-state index contributed by atoms with van der Waals surface area (Å²) in [5, 5.41) is 0. The number of thiocarbonyl (C=S) groups is 1. The first-order chi connectivity index (χ1) is 9.11. The van der Waals surface area contributed by atoms with Crippen molar-refractivity contribution >= 4 is 40.3 Å². The molecule has 0 bridgehead atoms. The van der Waals surface area contributed by atoms with E-state index in [0.717, 1.165) is 5.56 Å². The van der Waals surface area contributed by atoms with Crippen LogP contribution >= 0.6 is 24.0 Å². The number of carbonyl (C=O) groups excluding carboxylic acids is 1. The molecule has 5 heteroatoms. The zero-order valence-corrected chi connectivity index (χ0v) is 11.9. The molecule has 1 saturated heterocycles. The van der Waals surface area contributed by atoms with Crippen molar-refractivity contribution in [3.8, 4) is 18.1 Å². The number of amides is 1. The van der Waals surface area contributed by atoms with Crippen molar-refractivity contribution in [1.29, 1.82) is 0 Å². The van der Waals surface area contributed by atoms with Crippen molar-refractivity contribution in [3.63, 3.8) is 0 Å². The Bertz CT molecular complexity index is 584. The van der Waals surface area contributed by atoms with Crippen LogP contribution in [-0.4, -0.2) is 28.8 Å². The molecule has 0 aliphatic carbocycles. The average molecular weight is 289 g/mol. The maximum atomic E-state index is 11.8. The largest absolute Gasteiger partial charge is 0.481 e. The molecule has 1 aromatic carbocycles. The molecule has 1 heterocycles. The van der Waals surface area contributed by atoms with Gasteiger partial charge in [0.25, 0.3) is 5.91 Å². The number of hydrogen-bond donors (Lipinski definition) is 0. The van der Waals surface area contributed by atoms with Gasteiger partial charge < -0.3 is 4.74 Å². The molecular weight excluding hydrogens is 278 g/mol. The summed E-state index contributed by atoms with van der Waals surface area (Å²) in [6, 6.07) is 7.37. The number of carbonyl (C=O) groups is 1. The van der Waals surface area contributed by atoms with Gasteiger partial charge in [0, 0.05) is 7.05 Å². The highest BCUT2D eigenvalue weighted by Crippen LogP contribution is 2.31. The molecule has 0 N–H and O–H groups in total. The van der Waals surface area contributed by atoms with Gasteiger partial charge >= 0.3 is 0 Å². The number of benzene rings is 1. The molecule has 3 nitrogen and oxygen atoms in total. The van der Waals surface area contributed by atoms with E-state index in [-0.39, 0.29) is 12.5 Å². The zero-order valence-electron chi connectivity index (χ0n) is 10.3. The number of ether oxygens (including phenoxy) is 1. The molecule has 0 saturated carbocycles. The molecule has 1 aromatic rings. The van der Waals surface area contributed by atoms with E-state index in [4.69, 9.17) is 23.4 Å². The first-order valence-electron chi connectivity index (χ1n) is 5.49. The van der Waals surface area contributed by atoms with Gasteiger partial charge in [-0.2, -0.15) is 0 Å². The Morgan fingerprint density at radius 1 is 1.47 bits per heavy atom. The van der Waals surface area contributed by atoms with E-state index in [9.17, 15) is 4.79 Å². The fourth-order valence-electron chi connectivity index (χ4n) is 1.48. The lowest BCUT2D eigenvalue weighted by atomic mass is 10.2. The van der Waals surface area contributed by atoms with Crippen LogP contribution in [0.4, 0.5) is 0 Å². The standard InChI is InChI=1S/C14H11NO2S2/c1-3-8-17-11-6-4-10(5-7-11)9-12-13(16)15(2)14(18)19-12/h1,4-7,9H,8H2,2H3. The summed E-state index contributed by atoms with van der Waals surface area (Å²) in [5.74, 6) is 3.04. The Hall–Kier alpha value is -1.77. The third kappa shape index (κ3) is 3.16. The molecule has 2 rings (SSSR count). The van der Waals surface area contributed by atoms with E-state index in [1.165, 1.54) is 16.7 Å². The minimum Gasteiger partial charge on any atom is -0.481 e. The topological polar surface area (TPSA) is 29.5 Å². The van der Waals surface area contributed by atoms with Crippen molar-refractivity contribution in [1.82, 2.24) is 4.90 Å². The quantitative estimate of drug-likeness (QED) is 0.486. The fraction of sp³-hybridized carbons (Fsp3) is 0.143. The van der Waals surface area contributed by atoms with Gasteiger partial charge in [0.05, 0.1) is 4.91 Å². The second-order valence-corrected chi connectivity index (χ2v) is 5.48. The number of thioether (sulfide) groups is 1. The van der Waals surface area contributed by atoms with Crippen molar-refractivity contribution in [2.24, 2.45) is 0 Å². The lowest BCUT2D eigenvalue weighted by Crippen LogP contribution is -2.22. The summed E-state index contributed by atoms with van der Waals surface area (Å²) < 4.78 is 5.85. The third-order valence-corrected chi connectivity index (χ3v) is 3.97. The van der Waals surface area contributed by atoms with Crippen LogP contribution in [0, 0.1) is 12.3 Å². The summed E-state index contributed by atoms with van der Waals surface area (Å²) in [5.41, 5.74) is 0.919. The lowest BCUT2D eigenvalue weighted by Gasteiger charge is -2.04. The van der Waals surface area contributed by atoms with Gasteiger partial charge in [0.2, 0.25) is 0 Å². The number of terminal acetylenes is 1. The Labute approximate surface area is 121 Å². The second-order valence-electron chi connectivity index (χ2n) is 3.80. The van der Waals surface area contributed by atoms with Gasteiger partial charge in [-0.3, -0.25) is 9.69 Å². The molecule has 0 aromatic heterocycles. The highest BCUT2D eigenvalue weighted by Gasteiger charge is 2.28. The SMILES string of the molecule is C#CCOc1ccc(C=C2SC(=S)N(C)C2=O)cc1. The monoisotopic (exact) mass is 289 g/mol. The molecule has 0 unspecified atom stereocenters. The number of likely N-dealkylation sites (N-methyl/N-ethyl adjacent to an activating group) is 1. The van der Waals surface area contributed by atoms with Gasteiger partial charge in [0.1, 0.15) is 16.7 Å². The lowest BCUT2D eigenvalue weighted by molar-refractivity contribution is -0.121. The predicted octanol–water partition coefficient (Wildman–Crippen LogP) is 2.53. The Kier molecular flexibility index (Phi) is 4.25. The van der Waals surface area contributed by atoms with Crippen LogP contribution in [0.2, 0.25) is 0 Å². The van der Waals surface area contributed by atoms with E-state index in [0.29, 0.717) is 15.0 Å². The van der Waals surface area contributed by atoms with Crippen molar-refractivity contribution in [3.05, 3.63) is 34.7 Å². The van der Waals surface area contributed by atoms with E-state index in [2.05, 4.69) is 5.92 Å². The van der Waals surface area contributed by atoms with E-state index in [1.54, 1.807) is 7.05 Å². The molecular formula is C14H11NO2S2. The molecule has 1 fully saturated rings. The summed E-state index contributed by atoms with van der Waals surface area (Å²) in [6.07, 6.45) is 6.93. The minimum atomic E-state index is -0.0670. The second kappa shape index (κ2) is 5.91. The van der Waals surface area contributed by atoms with Crippen LogP contribution in [0.3, 0.4) is 0 Å². The molecule has 0 atom stereocenters. The number of nitrogens with zero attached hydrogens (tertiary/aromatic N) is 1. The summed E-state index contributed by atoms with van der Waals surface area (Å²) in [4.78, 5) is 13.9. The van der Waals surface area contributed by atoms with Crippen LogP contribution in [0.1, 0.15) is 5.56 Å². The van der Waals surface area contributed by atoms with Crippen molar-refractivity contribution in [2.45, 2.75) is 0 Å². The van der Waals surface area contributed by atoms with E-state index >= 15 is 0 Å². The Morgan fingerprint density at radius 2 is 2.16 bits per heavy atom. The van der Waals surface area contributed by atoms with Crippen LogP contribution in [0.25, 0.3) is 6.08 Å². The van der Waals surface area contributed by atoms with Gasteiger partial charge in [-0.1, -0.05) is 42.0 Å². The summed E-state index contributed by atoms with van der Waals surface area (Å²) >= 11 is 6.37. The molecule has 19 heavy (non-hydrogen) atoms. The summed E-state index contributed by atoms with van der Waals surface area (Å²) in [6.45, 7) is 0.244. The molecule has 0 radical (unpaired) electrons.